The summed E-state index contributed by atoms with van der Waals surface area (Å²) in [6.07, 6.45) is 5.61. The molecule has 2 aromatic rings. The normalized spacial score (nSPS) is 14.2. The zero-order chi connectivity index (χ0) is 11.7. The average molecular weight is 312 g/mol. The zero-order valence-electron chi connectivity index (χ0n) is 9.46. The number of hydrogen-bond donors (Lipinski definition) is 1. The second-order valence-corrected chi connectivity index (χ2v) is 6.39. The smallest absolute Gasteiger partial charge is 0.131 e. The molecule has 0 aromatic carbocycles. The molecular formula is C13H14BrNOS. The molecule has 2 heterocycles. The van der Waals surface area contributed by atoms with E-state index in [2.05, 4.69) is 27.3 Å². The van der Waals surface area contributed by atoms with Gasteiger partial charge in [0.2, 0.25) is 0 Å². The Morgan fingerprint density at radius 1 is 1.35 bits per heavy atom. The molecule has 0 spiro atoms. The Morgan fingerprint density at radius 3 is 3.06 bits per heavy atom. The van der Waals surface area contributed by atoms with Crippen LogP contribution in [0.2, 0.25) is 0 Å². The summed E-state index contributed by atoms with van der Waals surface area (Å²) in [5.74, 6) is 0.967. The molecule has 0 unspecified atom stereocenters. The van der Waals surface area contributed by atoms with Crippen molar-refractivity contribution in [3.8, 4) is 0 Å². The highest BCUT2D eigenvalue weighted by Gasteiger charge is 2.14. The number of fused-ring (bicyclic) bond motifs is 1. The van der Waals surface area contributed by atoms with Gasteiger partial charge in [-0.1, -0.05) is 0 Å². The fourth-order valence-corrected chi connectivity index (χ4v) is 3.80. The molecule has 2 aromatic heterocycles. The SMILES string of the molecule is Brc1ccoc1CNCc1cc2c(s1)CCC2. The van der Waals surface area contributed by atoms with Crippen molar-refractivity contribution < 1.29 is 4.42 Å². The van der Waals surface area contributed by atoms with Gasteiger partial charge in [0.1, 0.15) is 5.76 Å². The minimum atomic E-state index is 0.774. The Morgan fingerprint density at radius 2 is 2.29 bits per heavy atom. The van der Waals surface area contributed by atoms with Gasteiger partial charge >= 0.3 is 0 Å². The Kier molecular flexibility index (Phi) is 3.36. The van der Waals surface area contributed by atoms with Crippen LogP contribution >= 0.6 is 27.3 Å². The van der Waals surface area contributed by atoms with Gasteiger partial charge in [0.25, 0.3) is 0 Å². The Labute approximate surface area is 113 Å². The molecule has 0 atom stereocenters. The fraction of sp³-hybridized carbons (Fsp3) is 0.385. The molecular weight excluding hydrogens is 298 g/mol. The maximum absolute atomic E-state index is 5.36. The van der Waals surface area contributed by atoms with E-state index in [4.69, 9.17) is 4.42 Å². The summed E-state index contributed by atoms with van der Waals surface area (Å²) in [5, 5.41) is 3.42. The van der Waals surface area contributed by atoms with Gasteiger partial charge in [-0.25, -0.2) is 0 Å². The van der Waals surface area contributed by atoms with Crippen molar-refractivity contribution in [2.24, 2.45) is 0 Å². The summed E-state index contributed by atoms with van der Waals surface area (Å²) in [4.78, 5) is 3.04. The van der Waals surface area contributed by atoms with Gasteiger partial charge in [-0.05, 0) is 52.9 Å². The second-order valence-electron chi connectivity index (χ2n) is 4.31. The van der Waals surface area contributed by atoms with Crippen LogP contribution in [0.25, 0.3) is 0 Å². The van der Waals surface area contributed by atoms with Crippen molar-refractivity contribution in [1.29, 1.82) is 0 Å². The molecule has 0 radical (unpaired) electrons. The first kappa shape index (κ1) is 11.5. The minimum Gasteiger partial charge on any atom is -0.467 e. The van der Waals surface area contributed by atoms with Crippen molar-refractivity contribution >= 4 is 27.3 Å². The van der Waals surface area contributed by atoms with Crippen molar-refractivity contribution in [2.75, 3.05) is 0 Å². The molecule has 1 N–H and O–H groups in total. The first-order valence-electron chi connectivity index (χ1n) is 5.86. The van der Waals surface area contributed by atoms with E-state index in [1.54, 1.807) is 16.7 Å². The lowest BCUT2D eigenvalue weighted by molar-refractivity contribution is 0.481. The number of thiophene rings is 1. The van der Waals surface area contributed by atoms with E-state index < -0.39 is 0 Å². The van der Waals surface area contributed by atoms with Crippen LogP contribution in [0.5, 0.6) is 0 Å². The molecule has 0 saturated heterocycles. The standard InChI is InChI=1S/C13H14BrNOS/c14-11-4-5-16-12(11)8-15-7-10-6-9-2-1-3-13(9)17-10/h4-6,15H,1-3,7-8H2. The van der Waals surface area contributed by atoms with Crippen LogP contribution in [0.1, 0.15) is 27.5 Å². The van der Waals surface area contributed by atoms with Gasteiger partial charge in [-0.2, -0.15) is 0 Å². The van der Waals surface area contributed by atoms with E-state index in [1.165, 1.54) is 24.1 Å². The topological polar surface area (TPSA) is 25.2 Å². The number of furan rings is 1. The monoisotopic (exact) mass is 311 g/mol. The summed E-state index contributed by atoms with van der Waals surface area (Å²) >= 11 is 5.42. The number of aryl methyl sites for hydroxylation is 2. The molecule has 1 aliphatic carbocycles. The molecule has 4 heteroatoms. The largest absolute Gasteiger partial charge is 0.467 e. The molecule has 1 aliphatic rings. The van der Waals surface area contributed by atoms with Gasteiger partial charge in [0, 0.05) is 16.3 Å². The maximum atomic E-state index is 5.36. The van der Waals surface area contributed by atoms with Crippen LogP contribution < -0.4 is 5.32 Å². The van der Waals surface area contributed by atoms with Crippen LogP contribution in [0, 0.1) is 0 Å². The third kappa shape index (κ3) is 2.49. The molecule has 0 fully saturated rings. The first-order valence-corrected chi connectivity index (χ1v) is 7.47. The van der Waals surface area contributed by atoms with Crippen molar-refractivity contribution in [3.05, 3.63) is 43.9 Å². The van der Waals surface area contributed by atoms with Gasteiger partial charge < -0.3 is 9.73 Å². The number of hydrogen-bond acceptors (Lipinski definition) is 3. The third-order valence-corrected chi connectivity index (χ3v) is 5.02. The van der Waals surface area contributed by atoms with Crippen LogP contribution in [0.3, 0.4) is 0 Å². The highest BCUT2D eigenvalue weighted by atomic mass is 79.9. The van der Waals surface area contributed by atoms with E-state index in [1.807, 2.05) is 17.4 Å². The first-order chi connectivity index (χ1) is 8.33. The summed E-state index contributed by atoms with van der Waals surface area (Å²) in [6, 6.07) is 4.29. The molecule has 0 aliphatic heterocycles. The van der Waals surface area contributed by atoms with E-state index in [9.17, 15) is 0 Å². The van der Waals surface area contributed by atoms with Crippen LogP contribution in [0.4, 0.5) is 0 Å². The predicted octanol–water partition coefficient (Wildman–Crippen LogP) is 3.88. The van der Waals surface area contributed by atoms with E-state index in [-0.39, 0.29) is 0 Å². The quantitative estimate of drug-likeness (QED) is 0.927. The summed E-state index contributed by atoms with van der Waals surface area (Å²) < 4.78 is 6.40. The molecule has 0 saturated carbocycles. The molecule has 17 heavy (non-hydrogen) atoms. The van der Waals surface area contributed by atoms with E-state index in [0.29, 0.717) is 0 Å². The maximum Gasteiger partial charge on any atom is 0.131 e. The zero-order valence-corrected chi connectivity index (χ0v) is 11.9. The lowest BCUT2D eigenvalue weighted by Crippen LogP contribution is -2.11. The van der Waals surface area contributed by atoms with Crippen LogP contribution in [0.15, 0.2) is 27.3 Å². The van der Waals surface area contributed by atoms with Crippen LogP contribution in [-0.2, 0) is 25.9 Å². The van der Waals surface area contributed by atoms with Gasteiger partial charge in [0.15, 0.2) is 0 Å². The number of rotatable bonds is 4. The van der Waals surface area contributed by atoms with E-state index >= 15 is 0 Å². The molecule has 0 bridgehead atoms. The Balaban J connectivity index is 1.56. The lowest BCUT2D eigenvalue weighted by Gasteiger charge is -2.01. The number of halogens is 1. The van der Waals surface area contributed by atoms with Crippen LogP contribution in [-0.4, -0.2) is 0 Å². The number of nitrogens with one attached hydrogen (secondary N) is 1. The van der Waals surface area contributed by atoms with Crippen molar-refractivity contribution in [3.63, 3.8) is 0 Å². The lowest BCUT2D eigenvalue weighted by atomic mass is 10.2. The Bertz CT molecular complexity index is 496. The molecule has 2 nitrogen and oxygen atoms in total. The van der Waals surface area contributed by atoms with Gasteiger partial charge in [-0.3, -0.25) is 0 Å². The van der Waals surface area contributed by atoms with Gasteiger partial charge in [0.05, 0.1) is 17.3 Å². The average Bonchev–Trinajstić information content (AvgIpc) is 2.95. The fourth-order valence-electron chi connectivity index (χ4n) is 2.23. The third-order valence-electron chi connectivity index (χ3n) is 3.07. The summed E-state index contributed by atoms with van der Waals surface area (Å²) in [7, 11) is 0. The van der Waals surface area contributed by atoms with Crippen molar-refractivity contribution in [1.82, 2.24) is 5.32 Å². The molecule has 3 rings (SSSR count). The van der Waals surface area contributed by atoms with Gasteiger partial charge in [-0.15, -0.1) is 11.3 Å². The van der Waals surface area contributed by atoms with Crippen molar-refractivity contribution in [2.45, 2.75) is 32.4 Å². The highest BCUT2D eigenvalue weighted by molar-refractivity contribution is 9.10. The highest BCUT2D eigenvalue weighted by Crippen LogP contribution is 2.30. The predicted molar refractivity (Wildman–Crippen MR) is 73.3 cm³/mol. The summed E-state index contributed by atoms with van der Waals surface area (Å²) in [5.41, 5.74) is 1.57. The molecule has 90 valence electrons. The summed E-state index contributed by atoms with van der Waals surface area (Å²) in [6.45, 7) is 1.71. The second kappa shape index (κ2) is 4.96. The Hall–Kier alpha value is -0.580. The molecule has 0 amide bonds. The minimum absolute atomic E-state index is 0.774. The van der Waals surface area contributed by atoms with E-state index in [0.717, 1.165) is 23.3 Å².